The standard InChI is InChI=1S/C25H38O5/c1-6-7-8-30-14-24-12-18-16(4)21(29-5)10-20(18)23(13-26)11-17(24)9-19(15(2)3)25(23,24)22(27)28/h9,13,15-18,20-21H,6-8,10-12,14H2,1-5H3,(H,27,28)/t16-,17+,18?,20?,21+,23-,24?,25+/m0/s1. The van der Waals surface area contributed by atoms with Crippen molar-refractivity contribution in [3.63, 3.8) is 0 Å². The fourth-order valence-corrected chi connectivity index (χ4v) is 8.40. The highest BCUT2D eigenvalue weighted by Crippen LogP contribution is 2.82. The van der Waals surface area contributed by atoms with Crippen molar-refractivity contribution in [2.24, 2.45) is 45.8 Å². The minimum atomic E-state index is -1.16. The van der Waals surface area contributed by atoms with Crippen LogP contribution in [0.2, 0.25) is 0 Å². The number of fused-ring (bicyclic) bond motifs is 2. The van der Waals surface area contributed by atoms with E-state index in [-0.39, 0.29) is 23.9 Å². The molecule has 8 atom stereocenters. The Labute approximate surface area is 180 Å². The summed E-state index contributed by atoms with van der Waals surface area (Å²) >= 11 is 0. The fourth-order valence-electron chi connectivity index (χ4n) is 8.40. The van der Waals surface area contributed by atoms with Gasteiger partial charge in [-0.1, -0.05) is 45.8 Å². The van der Waals surface area contributed by atoms with E-state index in [2.05, 4.69) is 33.8 Å². The second kappa shape index (κ2) is 7.44. The van der Waals surface area contributed by atoms with Gasteiger partial charge in [-0.15, -0.1) is 0 Å². The van der Waals surface area contributed by atoms with Gasteiger partial charge in [-0.05, 0) is 55.3 Å². The van der Waals surface area contributed by atoms with Crippen LogP contribution in [0.25, 0.3) is 0 Å². The topological polar surface area (TPSA) is 72.8 Å². The van der Waals surface area contributed by atoms with Crippen molar-refractivity contribution in [2.45, 2.75) is 65.9 Å². The fraction of sp³-hybridized carbons (Fsp3) is 0.840. The summed E-state index contributed by atoms with van der Waals surface area (Å²) in [6.45, 7) is 9.58. The van der Waals surface area contributed by atoms with Crippen LogP contribution in [0.1, 0.15) is 59.8 Å². The van der Waals surface area contributed by atoms with E-state index in [4.69, 9.17) is 9.47 Å². The van der Waals surface area contributed by atoms with Gasteiger partial charge in [0.05, 0.1) is 18.1 Å². The number of carboxylic acids is 1. The van der Waals surface area contributed by atoms with E-state index in [9.17, 15) is 14.7 Å². The molecule has 0 spiro atoms. The highest BCUT2D eigenvalue weighted by Gasteiger charge is 2.84. The van der Waals surface area contributed by atoms with Gasteiger partial charge in [-0.3, -0.25) is 4.79 Å². The normalized spacial score (nSPS) is 46.2. The largest absolute Gasteiger partial charge is 0.481 e. The monoisotopic (exact) mass is 418 g/mol. The summed E-state index contributed by atoms with van der Waals surface area (Å²) in [4.78, 5) is 26.3. The van der Waals surface area contributed by atoms with Crippen LogP contribution in [0.4, 0.5) is 0 Å². The van der Waals surface area contributed by atoms with Crippen molar-refractivity contribution in [3.8, 4) is 0 Å². The minimum absolute atomic E-state index is 0.0577. The maximum atomic E-state index is 13.3. The molecule has 4 bridgehead atoms. The lowest BCUT2D eigenvalue weighted by molar-refractivity contribution is -0.186. The molecule has 0 radical (unpaired) electrons. The number of carboxylic acid groups (broad SMARTS) is 1. The maximum Gasteiger partial charge on any atom is 0.315 e. The van der Waals surface area contributed by atoms with Gasteiger partial charge in [-0.2, -0.15) is 0 Å². The molecule has 3 unspecified atom stereocenters. The molecule has 1 N–H and O–H groups in total. The molecule has 4 rings (SSSR count). The Balaban J connectivity index is 1.88. The van der Waals surface area contributed by atoms with Crippen molar-refractivity contribution < 1.29 is 24.2 Å². The van der Waals surface area contributed by atoms with E-state index in [0.29, 0.717) is 31.5 Å². The molecule has 4 aliphatic carbocycles. The predicted molar refractivity (Wildman–Crippen MR) is 114 cm³/mol. The first kappa shape index (κ1) is 22.0. The highest BCUT2D eigenvalue weighted by atomic mass is 16.5. The average Bonchev–Trinajstić information content (AvgIpc) is 3.25. The Morgan fingerprint density at radius 3 is 2.67 bits per heavy atom. The molecule has 0 amide bonds. The number of unbranched alkanes of at least 4 members (excludes halogenated alkanes) is 1. The van der Waals surface area contributed by atoms with E-state index in [0.717, 1.165) is 37.5 Å². The lowest BCUT2D eigenvalue weighted by atomic mass is 9.43. The first-order valence-electron chi connectivity index (χ1n) is 11.8. The van der Waals surface area contributed by atoms with Crippen LogP contribution in [-0.2, 0) is 19.1 Å². The van der Waals surface area contributed by atoms with Crippen LogP contribution in [0.5, 0.6) is 0 Å². The van der Waals surface area contributed by atoms with Crippen molar-refractivity contribution in [3.05, 3.63) is 11.6 Å². The Bertz CT molecular complexity index is 744. The molecule has 4 aliphatic rings. The second-order valence-corrected chi connectivity index (χ2v) is 10.7. The quantitative estimate of drug-likeness (QED) is 0.342. The zero-order chi connectivity index (χ0) is 21.9. The number of carbonyl (C=O) groups is 2. The van der Waals surface area contributed by atoms with E-state index < -0.39 is 22.2 Å². The number of methoxy groups -OCH3 is 1. The molecular formula is C25H38O5. The van der Waals surface area contributed by atoms with Gasteiger partial charge >= 0.3 is 5.97 Å². The number of allylic oxidation sites excluding steroid dienone is 1. The number of hydrogen-bond acceptors (Lipinski definition) is 4. The average molecular weight is 419 g/mol. The second-order valence-electron chi connectivity index (χ2n) is 10.7. The lowest BCUT2D eigenvalue weighted by Gasteiger charge is -2.58. The van der Waals surface area contributed by atoms with E-state index in [1.54, 1.807) is 7.11 Å². The molecule has 0 aromatic rings. The van der Waals surface area contributed by atoms with E-state index in [1.165, 1.54) is 0 Å². The Morgan fingerprint density at radius 2 is 2.10 bits per heavy atom. The highest BCUT2D eigenvalue weighted by molar-refractivity contribution is 5.90. The van der Waals surface area contributed by atoms with Gasteiger partial charge in [0.25, 0.3) is 0 Å². The van der Waals surface area contributed by atoms with Crippen molar-refractivity contribution in [2.75, 3.05) is 20.3 Å². The molecular weight excluding hydrogens is 380 g/mol. The van der Waals surface area contributed by atoms with Crippen LogP contribution in [0, 0.1) is 45.8 Å². The number of carbonyl (C=O) groups excluding carboxylic acids is 1. The molecule has 30 heavy (non-hydrogen) atoms. The number of aliphatic carboxylic acids is 1. The van der Waals surface area contributed by atoms with Crippen LogP contribution in [0.15, 0.2) is 11.6 Å². The summed E-state index contributed by atoms with van der Waals surface area (Å²) in [6.07, 6.45) is 7.61. The van der Waals surface area contributed by atoms with Crippen LogP contribution in [0.3, 0.4) is 0 Å². The lowest BCUT2D eigenvalue weighted by Crippen LogP contribution is -2.63. The third kappa shape index (κ3) is 2.37. The number of ether oxygens (including phenoxy) is 2. The smallest absolute Gasteiger partial charge is 0.315 e. The first-order chi connectivity index (χ1) is 14.3. The predicted octanol–water partition coefficient (Wildman–Crippen LogP) is 4.35. The van der Waals surface area contributed by atoms with Crippen molar-refractivity contribution >= 4 is 12.3 Å². The molecule has 0 heterocycles. The summed E-state index contributed by atoms with van der Waals surface area (Å²) in [5.74, 6) is 0.0432. The number of rotatable bonds is 9. The SMILES string of the molecule is CCCCOCC12CC3C(C[C@@H](OC)[C@H]3C)[C@@]3(C=O)C[C@H]1C=C(C(C)C)[C@]23C(=O)O. The molecule has 0 aromatic heterocycles. The van der Waals surface area contributed by atoms with Crippen LogP contribution in [-0.4, -0.2) is 43.8 Å². The van der Waals surface area contributed by atoms with Crippen molar-refractivity contribution in [1.29, 1.82) is 0 Å². The molecule has 168 valence electrons. The summed E-state index contributed by atoms with van der Waals surface area (Å²) < 4.78 is 12.0. The van der Waals surface area contributed by atoms with E-state index in [1.807, 2.05) is 0 Å². The molecule has 5 heteroatoms. The summed E-state index contributed by atoms with van der Waals surface area (Å²) in [7, 11) is 1.74. The number of aldehydes is 1. The summed E-state index contributed by atoms with van der Waals surface area (Å²) in [5.41, 5.74) is -1.60. The Kier molecular flexibility index (Phi) is 5.46. The summed E-state index contributed by atoms with van der Waals surface area (Å²) in [5, 5.41) is 10.9. The van der Waals surface area contributed by atoms with Crippen LogP contribution >= 0.6 is 0 Å². The number of hydrogen-bond donors (Lipinski definition) is 1. The van der Waals surface area contributed by atoms with Gasteiger partial charge in [0, 0.05) is 19.1 Å². The van der Waals surface area contributed by atoms with E-state index >= 15 is 0 Å². The Hall–Kier alpha value is -1.20. The molecule has 5 nitrogen and oxygen atoms in total. The van der Waals surface area contributed by atoms with Gasteiger partial charge in [0.2, 0.25) is 0 Å². The third-order valence-electron chi connectivity index (χ3n) is 9.51. The summed E-state index contributed by atoms with van der Waals surface area (Å²) in [6, 6.07) is 0. The molecule has 3 fully saturated rings. The van der Waals surface area contributed by atoms with Crippen molar-refractivity contribution in [1.82, 2.24) is 0 Å². The maximum absolute atomic E-state index is 13.3. The van der Waals surface area contributed by atoms with Crippen LogP contribution < -0.4 is 0 Å². The van der Waals surface area contributed by atoms with Gasteiger partial charge in [-0.25, -0.2) is 0 Å². The Morgan fingerprint density at radius 1 is 1.37 bits per heavy atom. The molecule has 0 aromatic carbocycles. The third-order valence-corrected chi connectivity index (χ3v) is 9.51. The van der Waals surface area contributed by atoms with Gasteiger partial charge < -0.3 is 19.4 Å². The zero-order valence-corrected chi connectivity index (χ0v) is 19.1. The molecule has 0 aliphatic heterocycles. The molecule has 3 saturated carbocycles. The van der Waals surface area contributed by atoms with Gasteiger partial charge in [0.1, 0.15) is 11.7 Å². The minimum Gasteiger partial charge on any atom is -0.481 e. The molecule has 0 saturated heterocycles. The first-order valence-corrected chi connectivity index (χ1v) is 11.8. The van der Waals surface area contributed by atoms with Gasteiger partial charge in [0.15, 0.2) is 0 Å². The zero-order valence-electron chi connectivity index (χ0n) is 19.1.